The van der Waals surface area contributed by atoms with Gasteiger partial charge in [-0.25, -0.2) is 4.39 Å². The molecule has 1 aromatic carbocycles. The normalized spacial score (nSPS) is 15.3. The van der Waals surface area contributed by atoms with Gasteiger partial charge in [0.25, 0.3) is 0 Å². The Balaban J connectivity index is 2.87. The maximum absolute atomic E-state index is 13.2. The molecule has 0 aromatic heterocycles. The summed E-state index contributed by atoms with van der Waals surface area (Å²) in [5, 5.41) is 10.8. The summed E-state index contributed by atoms with van der Waals surface area (Å²) in [7, 11) is 0. The molecule has 1 N–H and O–H groups in total. The molecule has 0 aliphatic rings. The Kier molecular flexibility index (Phi) is 5.78. The van der Waals surface area contributed by atoms with Gasteiger partial charge in [-0.15, -0.1) is 0 Å². The van der Waals surface area contributed by atoms with E-state index < -0.39 is 6.10 Å². The molecule has 0 amide bonds. The maximum Gasteiger partial charge on any atom is 0.123 e. The molecule has 0 aliphatic heterocycles. The molecular weight excluding hydrogens is 267 g/mol. The third-order valence-electron chi connectivity index (χ3n) is 2.99. The zero-order chi connectivity index (χ0) is 14.6. The third-order valence-corrected chi connectivity index (χ3v) is 3.35. The Morgan fingerprint density at radius 2 is 2.00 bits per heavy atom. The molecule has 0 aliphatic carbocycles. The molecule has 108 valence electrons. The van der Waals surface area contributed by atoms with Crippen molar-refractivity contribution in [1.82, 2.24) is 0 Å². The highest BCUT2D eigenvalue weighted by atomic mass is 35.5. The van der Waals surface area contributed by atoms with Gasteiger partial charge < -0.3 is 9.84 Å². The van der Waals surface area contributed by atoms with Gasteiger partial charge in [-0.3, -0.25) is 0 Å². The van der Waals surface area contributed by atoms with Crippen LogP contribution in [-0.2, 0) is 11.2 Å². The highest BCUT2D eigenvalue weighted by Crippen LogP contribution is 2.28. The van der Waals surface area contributed by atoms with Crippen molar-refractivity contribution in [2.75, 3.05) is 6.61 Å². The number of aliphatic hydroxyl groups is 1. The second kappa shape index (κ2) is 6.69. The van der Waals surface area contributed by atoms with Gasteiger partial charge in [0.15, 0.2) is 0 Å². The fraction of sp³-hybridized carbons (Fsp3) is 0.600. The SMILES string of the molecule is CCOC(C(O)Cc1cc(F)ccc1Cl)C(C)(C)C. The lowest BCUT2D eigenvalue weighted by Gasteiger charge is -2.34. The van der Waals surface area contributed by atoms with Crippen LogP contribution in [-0.4, -0.2) is 23.9 Å². The minimum absolute atomic E-state index is 0.199. The summed E-state index contributed by atoms with van der Waals surface area (Å²) in [5.74, 6) is -0.352. The molecule has 2 unspecified atom stereocenters. The van der Waals surface area contributed by atoms with Crippen molar-refractivity contribution in [3.05, 3.63) is 34.6 Å². The van der Waals surface area contributed by atoms with E-state index in [-0.39, 0.29) is 23.8 Å². The fourth-order valence-electron chi connectivity index (χ4n) is 2.15. The average Bonchev–Trinajstić information content (AvgIpc) is 2.29. The average molecular weight is 289 g/mol. The summed E-state index contributed by atoms with van der Waals surface area (Å²) >= 11 is 6.02. The quantitative estimate of drug-likeness (QED) is 0.892. The van der Waals surface area contributed by atoms with Crippen molar-refractivity contribution in [3.8, 4) is 0 Å². The number of halogens is 2. The Morgan fingerprint density at radius 1 is 1.37 bits per heavy atom. The van der Waals surface area contributed by atoms with Crippen LogP contribution in [0.15, 0.2) is 18.2 Å². The Labute approximate surface area is 119 Å². The van der Waals surface area contributed by atoms with E-state index in [0.29, 0.717) is 17.2 Å². The van der Waals surface area contributed by atoms with Gasteiger partial charge in [-0.05, 0) is 36.1 Å². The molecule has 1 aromatic rings. The molecular formula is C15H22ClFO2. The summed E-state index contributed by atoms with van der Waals surface area (Å²) < 4.78 is 18.8. The van der Waals surface area contributed by atoms with E-state index in [1.165, 1.54) is 18.2 Å². The first kappa shape index (κ1) is 16.4. The van der Waals surface area contributed by atoms with Gasteiger partial charge in [0, 0.05) is 18.1 Å². The maximum atomic E-state index is 13.2. The molecule has 2 atom stereocenters. The molecule has 0 saturated carbocycles. The standard InChI is InChI=1S/C15H22ClFO2/c1-5-19-14(15(2,3)4)13(18)9-10-8-11(17)6-7-12(10)16/h6-8,13-14,18H,5,9H2,1-4H3. The first-order valence-corrected chi connectivity index (χ1v) is 6.87. The summed E-state index contributed by atoms with van der Waals surface area (Å²) in [6.07, 6.45) is -0.769. The van der Waals surface area contributed by atoms with E-state index in [1.54, 1.807) is 0 Å². The molecule has 0 fully saturated rings. The largest absolute Gasteiger partial charge is 0.390 e. The number of aliphatic hydroxyl groups excluding tert-OH is 1. The van der Waals surface area contributed by atoms with Crippen LogP contribution < -0.4 is 0 Å². The number of hydrogen-bond acceptors (Lipinski definition) is 2. The van der Waals surface area contributed by atoms with E-state index in [9.17, 15) is 9.50 Å². The molecule has 4 heteroatoms. The molecule has 1 rings (SSSR count). The highest BCUT2D eigenvalue weighted by molar-refractivity contribution is 6.31. The monoisotopic (exact) mass is 288 g/mol. The van der Waals surface area contributed by atoms with Crippen LogP contribution in [0.2, 0.25) is 5.02 Å². The molecule has 0 bridgehead atoms. The number of rotatable bonds is 5. The summed E-state index contributed by atoms with van der Waals surface area (Å²) in [4.78, 5) is 0. The molecule has 0 spiro atoms. The van der Waals surface area contributed by atoms with Gasteiger partial charge in [0.1, 0.15) is 5.82 Å². The van der Waals surface area contributed by atoms with Crippen LogP contribution in [0.4, 0.5) is 4.39 Å². The van der Waals surface area contributed by atoms with Crippen molar-refractivity contribution in [2.24, 2.45) is 5.41 Å². The van der Waals surface area contributed by atoms with Gasteiger partial charge in [-0.1, -0.05) is 32.4 Å². The van der Waals surface area contributed by atoms with Crippen molar-refractivity contribution in [2.45, 2.75) is 46.3 Å². The zero-order valence-electron chi connectivity index (χ0n) is 11.9. The van der Waals surface area contributed by atoms with Crippen LogP contribution in [0.5, 0.6) is 0 Å². The second-order valence-corrected chi connectivity index (χ2v) is 6.16. The molecule has 0 saturated heterocycles. The van der Waals surface area contributed by atoms with Crippen LogP contribution in [0.3, 0.4) is 0 Å². The minimum atomic E-state index is -0.723. The smallest absolute Gasteiger partial charge is 0.123 e. The molecule has 2 nitrogen and oxygen atoms in total. The third kappa shape index (κ3) is 4.75. The van der Waals surface area contributed by atoms with Crippen molar-refractivity contribution >= 4 is 11.6 Å². The first-order valence-electron chi connectivity index (χ1n) is 6.49. The number of benzene rings is 1. The fourth-order valence-corrected chi connectivity index (χ4v) is 2.34. The van der Waals surface area contributed by atoms with Crippen LogP contribution in [0.1, 0.15) is 33.3 Å². The van der Waals surface area contributed by atoms with Crippen LogP contribution >= 0.6 is 11.6 Å². The van der Waals surface area contributed by atoms with Gasteiger partial charge in [0.05, 0.1) is 12.2 Å². The predicted molar refractivity (Wildman–Crippen MR) is 76.0 cm³/mol. The van der Waals surface area contributed by atoms with E-state index in [0.717, 1.165) is 0 Å². The molecule has 0 heterocycles. The van der Waals surface area contributed by atoms with E-state index in [2.05, 4.69) is 0 Å². The second-order valence-electron chi connectivity index (χ2n) is 5.75. The zero-order valence-corrected chi connectivity index (χ0v) is 12.7. The lowest BCUT2D eigenvalue weighted by Crippen LogP contribution is -2.41. The summed E-state index contributed by atoms with van der Waals surface area (Å²) in [5.41, 5.74) is 0.401. The van der Waals surface area contributed by atoms with Crippen molar-refractivity contribution < 1.29 is 14.2 Å². The Bertz CT molecular complexity index is 415. The molecule has 19 heavy (non-hydrogen) atoms. The summed E-state index contributed by atoms with van der Waals surface area (Å²) in [6.45, 7) is 8.42. The number of hydrogen-bond donors (Lipinski definition) is 1. The van der Waals surface area contributed by atoms with E-state index in [4.69, 9.17) is 16.3 Å². The topological polar surface area (TPSA) is 29.5 Å². The lowest BCUT2D eigenvalue weighted by molar-refractivity contribution is -0.0873. The van der Waals surface area contributed by atoms with Crippen molar-refractivity contribution in [1.29, 1.82) is 0 Å². The lowest BCUT2D eigenvalue weighted by atomic mass is 9.83. The van der Waals surface area contributed by atoms with E-state index >= 15 is 0 Å². The Morgan fingerprint density at radius 3 is 2.53 bits per heavy atom. The first-order chi connectivity index (χ1) is 8.75. The van der Waals surface area contributed by atoms with Gasteiger partial charge >= 0.3 is 0 Å². The predicted octanol–water partition coefficient (Wildman–Crippen LogP) is 3.83. The van der Waals surface area contributed by atoms with Gasteiger partial charge in [0.2, 0.25) is 0 Å². The Hall–Kier alpha value is -0.640. The molecule has 0 radical (unpaired) electrons. The van der Waals surface area contributed by atoms with Crippen molar-refractivity contribution in [3.63, 3.8) is 0 Å². The summed E-state index contributed by atoms with van der Waals surface area (Å²) in [6, 6.07) is 4.17. The van der Waals surface area contributed by atoms with Crippen LogP contribution in [0.25, 0.3) is 0 Å². The van der Waals surface area contributed by atoms with Crippen LogP contribution in [0, 0.1) is 11.2 Å². The minimum Gasteiger partial charge on any atom is -0.390 e. The van der Waals surface area contributed by atoms with E-state index in [1.807, 2.05) is 27.7 Å². The highest BCUT2D eigenvalue weighted by Gasteiger charge is 2.32. The van der Waals surface area contributed by atoms with Gasteiger partial charge in [-0.2, -0.15) is 0 Å². The number of ether oxygens (including phenoxy) is 1.